The van der Waals surface area contributed by atoms with E-state index < -0.39 is 11.7 Å². The molecule has 198 valence electrons. The topological polar surface area (TPSA) is 85.7 Å². The molecule has 1 aliphatic rings. The van der Waals surface area contributed by atoms with Crippen LogP contribution in [0.3, 0.4) is 0 Å². The molecule has 0 radical (unpaired) electrons. The number of Topliss-reactive ketones (excluding diaryl/α,β-unsaturated/α-hetero) is 1. The van der Waals surface area contributed by atoms with Crippen molar-refractivity contribution in [1.82, 2.24) is 14.7 Å². The van der Waals surface area contributed by atoms with Gasteiger partial charge in [0.1, 0.15) is 18.2 Å². The monoisotopic (exact) mass is 506 g/mol. The van der Waals surface area contributed by atoms with E-state index in [4.69, 9.17) is 14.6 Å². The van der Waals surface area contributed by atoms with E-state index in [0.717, 1.165) is 43.9 Å². The van der Waals surface area contributed by atoms with Gasteiger partial charge in [-0.3, -0.25) is 14.5 Å². The van der Waals surface area contributed by atoms with Crippen LogP contribution in [0.2, 0.25) is 0 Å². The van der Waals surface area contributed by atoms with Crippen molar-refractivity contribution < 1.29 is 19.1 Å². The highest BCUT2D eigenvalue weighted by Crippen LogP contribution is 2.31. The molecule has 8 heteroatoms. The highest BCUT2D eigenvalue weighted by atomic mass is 16.5. The van der Waals surface area contributed by atoms with Crippen LogP contribution in [0, 0.1) is 0 Å². The molecular formula is C29H38N4O4. The number of morpholine rings is 1. The molecule has 1 aromatic heterocycles. The Kier molecular flexibility index (Phi) is 7.71. The van der Waals surface area contributed by atoms with Gasteiger partial charge in [-0.25, -0.2) is 4.68 Å². The molecule has 2 aromatic carbocycles. The van der Waals surface area contributed by atoms with Crippen molar-refractivity contribution in [3.63, 3.8) is 0 Å². The van der Waals surface area contributed by atoms with E-state index in [1.54, 1.807) is 16.8 Å². The molecule has 8 nitrogen and oxygen atoms in total. The summed E-state index contributed by atoms with van der Waals surface area (Å²) < 4.78 is 13.3. The first-order valence-electron chi connectivity index (χ1n) is 12.9. The Balaban J connectivity index is 1.55. The van der Waals surface area contributed by atoms with Crippen molar-refractivity contribution >= 4 is 28.3 Å². The fourth-order valence-corrected chi connectivity index (χ4v) is 4.35. The second kappa shape index (κ2) is 10.6. The number of aromatic nitrogens is 2. The Morgan fingerprint density at radius 2 is 1.68 bits per heavy atom. The summed E-state index contributed by atoms with van der Waals surface area (Å²) in [6.45, 7) is 16.9. The van der Waals surface area contributed by atoms with Crippen LogP contribution in [0.1, 0.15) is 57.6 Å². The number of rotatable bonds is 7. The standard InChI is InChI=1S/C29H38N4O4/c1-28(2,3)24-19-25(33(31-24)29(4,5)6)30-27(35)26(34)22-11-12-23(21-10-8-7-9-20(21)22)37-18-15-32-13-16-36-17-14-32/h7-12,19H,13-18H2,1-6H3,(H,30,35). The predicted octanol–water partition coefficient (Wildman–Crippen LogP) is 4.62. The zero-order valence-corrected chi connectivity index (χ0v) is 22.8. The largest absolute Gasteiger partial charge is 0.492 e. The van der Waals surface area contributed by atoms with Gasteiger partial charge in [-0.2, -0.15) is 5.10 Å². The Labute approximate surface area is 218 Å². The highest BCUT2D eigenvalue weighted by Gasteiger charge is 2.28. The summed E-state index contributed by atoms with van der Waals surface area (Å²) in [6, 6.07) is 12.8. The van der Waals surface area contributed by atoms with Crippen molar-refractivity contribution in [2.24, 2.45) is 0 Å². The summed E-state index contributed by atoms with van der Waals surface area (Å²) in [4.78, 5) is 28.8. The van der Waals surface area contributed by atoms with Crippen LogP contribution in [0.5, 0.6) is 5.75 Å². The van der Waals surface area contributed by atoms with E-state index >= 15 is 0 Å². The predicted molar refractivity (Wildman–Crippen MR) is 146 cm³/mol. The van der Waals surface area contributed by atoms with Crippen LogP contribution < -0.4 is 10.1 Å². The average Bonchev–Trinajstić information content (AvgIpc) is 3.29. The van der Waals surface area contributed by atoms with E-state index in [1.807, 2.05) is 51.1 Å². The fraction of sp³-hybridized carbons (Fsp3) is 0.483. The van der Waals surface area contributed by atoms with Crippen molar-refractivity contribution in [3.8, 4) is 5.75 Å². The molecule has 1 amide bonds. The molecule has 0 atom stereocenters. The molecular weight excluding hydrogens is 468 g/mol. The lowest BCUT2D eigenvalue weighted by atomic mass is 9.92. The smallest absolute Gasteiger partial charge is 0.297 e. The summed E-state index contributed by atoms with van der Waals surface area (Å²) in [5.74, 6) is -0.100. The average molecular weight is 507 g/mol. The molecule has 1 fully saturated rings. The molecule has 1 aliphatic heterocycles. The van der Waals surface area contributed by atoms with E-state index in [-0.39, 0.29) is 11.0 Å². The molecule has 2 heterocycles. The van der Waals surface area contributed by atoms with Crippen molar-refractivity contribution in [3.05, 3.63) is 53.7 Å². The molecule has 0 spiro atoms. The first-order valence-corrected chi connectivity index (χ1v) is 12.9. The first-order chi connectivity index (χ1) is 17.4. The Hall–Kier alpha value is -3.23. The minimum atomic E-state index is -0.697. The number of amides is 1. The van der Waals surface area contributed by atoms with Gasteiger partial charge in [-0.05, 0) is 38.3 Å². The van der Waals surface area contributed by atoms with Crippen LogP contribution >= 0.6 is 0 Å². The van der Waals surface area contributed by atoms with E-state index in [1.165, 1.54) is 0 Å². The Morgan fingerprint density at radius 1 is 1.00 bits per heavy atom. The quantitative estimate of drug-likeness (QED) is 0.372. The lowest BCUT2D eigenvalue weighted by molar-refractivity contribution is -0.112. The number of carbonyl (C=O) groups is 2. The van der Waals surface area contributed by atoms with Gasteiger partial charge in [0.25, 0.3) is 11.7 Å². The third kappa shape index (κ3) is 6.19. The highest BCUT2D eigenvalue weighted by molar-refractivity contribution is 6.48. The summed E-state index contributed by atoms with van der Waals surface area (Å²) in [6.07, 6.45) is 0. The van der Waals surface area contributed by atoms with Crippen molar-refractivity contribution in [2.75, 3.05) is 44.8 Å². The number of hydrogen-bond donors (Lipinski definition) is 1. The Bertz CT molecular complexity index is 1280. The van der Waals surface area contributed by atoms with Crippen LogP contribution in [-0.2, 0) is 20.5 Å². The number of nitrogens with one attached hydrogen (secondary N) is 1. The third-order valence-corrected chi connectivity index (χ3v) is 6.46. The lowest BCUT2D eigenvalue weighted by Crippen LogP contribution is -2.38. The van der Waals surface area contributed by atoms with Crippen molar-refractivity contribution in [2.45, 2.75) is 52.5 Å². The molecule has 0 unspecified atom stereocenters. The van der Waals surface area contributed by atoms with Gasteiger partial charge in [0, 0.05) is 42.1 Å². The maximum Gasteiger partial charge on any atom is 0.297 e. The summed E-state index contributed by atoms with van der Waals surface area (Å²) in [7, 11) is 0. The molecule has 4 rings (SSSR count). The summed E-state index contributed by atoms with van der Waals surface area (Å²) >= 11 is 0. The fourth-order valence-electron chi connectivity index (χ4n) is 4.35. The second-order valence-corrected chi connectivity index (χ2v) is 11.5. The van der Waals surface area contributed by atoms with Crippen molar-refractivity contribution in [1.29, 1.82) is 0 Å². The number of carbonyl (C=O) groups excluding carboxylic acids is 2. The SMILES string of the molecule is CC(C)(C)c1cc(NC(=O)C(=O)c2ccc(OCCN3CCOCC3)c3ccccc23)n(C(C)(C)C)n1. The van der Waals surface area contributed by atoms with Gasteiger partial charge in [-0.1, -0.05) is 45.0 Å². The van der Waals surface area contributed by atoms with Crippen LogP contribution in [-0.4, -0.2) is 65.8 Å². The molecule has 3 aromatic rings. The van der Waals surface area contributed by atoms with E-state index in [0.29, 0.717) is 29.1 Å². The number of hydrogen-bond acceptors (Lipinski definition) is 6. The number of fused-ring (bicyclic) bond motifs is 1. The van der Waals surface area contributed by atoms with Gasteiger partial charge in [0.15, 0.2) is 0 Å². The Morgan fingerprint density at radius 3 is 2.32 bits per heavy atom. The van der Waals surface area contributed by atoms with Crippen LogP contribution in [0.15, 0.2) is 42.5 Å². The normalized spacial score (nSPS) is 15.1. The van der Waals surface area contributed by atoms with E-state index in [2.05, 4.69) is 31.0 Å². The maximum absolute atomic E-state index is 13.4. The summed E-state index contributed by atoms with van der Waals surface area (Å²) in [5.41, 5.74) is 0.608. The molecule has 1 saturated heterocycles. The lowest BCUT2D eigenvalue weighted by Gasteiger charge is -2.26. The third-order valence-electron chi connectivity index (χ3n) is 6.46. The molecule has 0 bridgehead atoms. The first kappa shape index (κ1) is 26.8. The van der Waals surface area contributed by atoms with Crippen LogP contribution in [0.4, 0.5) is 5.82 Å². The molecule has 37 heavy (non-hydrogen) atoms. The molecule has 1 N–H and O–H groups in total. The maximum atomic E-state index is 13.4. The van der Waals surface area contributed by atoms with E-state index in [9.17, 15) is 9.59 Å². The zero-order chi connectivity index (χ0) is 26.8. The van der Waals surface area contributed by atoms with Crippen LogP contribution in [0.25, 0.3) is 10.8 Å². The van der Waals surface area contributed by atoms with Gasteiger partial charge < -0.3 is 14.8 Å². The van der Waals surface area contributed by atoms with Gasteiger partial charge in [-0.15, -0.1) is 0 Å². The second-order valence-electron chi connectivity index (χ2n) is 11.5. The van der Waals surface area contributed by atoms with Gasteiger partial charge in [0.05, 0.1) is 24.4 Å². The number of anilines is 1. The number of nitrogens with zero attached hydrogens (tertiary/aromatic N) is 3. The summed E-state index contributed by atoms with van der Waals surface area (Å²) in [5, 5.41) is 9.04. The molecule has 0 aliphatic carbocycles. The minimum Gasteiger partial charge on any atom is -0.492 e. The van der Waals surface area contributed by atoms with Gasteiger partial charge in [0.2, 0.25) is 0 Å². The minimum absolute atomic E-state index is 0.201. The number of ketones is 1. The van der Waals surface area contributed by atoms with Gasteiger partial charge >= 0.3 is 0 Å². The number of ether oxygens (including phenoxy) is 2. The zero-order valence-electron chi connectivity index (χ0n) is 22.8. The molecule has 0 saturated carbocycles. The number of benzene rings is 2.